The summed E-state index contributed by atoms with van der Waals surface area (Å²) in [5, 5.41) is 0. The molecule has 1 fully saturated rings. The predicted molar refractivity (Wildman–Crippen MR) is 81.8 cm³/mol. The first-order valence-electron chi connectivity index (χ1n) is 7.93. The highest BCUT2D eigenvalue weighted by atomic mass is 16.5. The Labute approximate surface area is 122 Å². The molecule has 1 aromatic rings. The van der Waals surface area contributed by atoms with Gasteiger partial charge in [0.25, 0.3) is 0 Å². The number of hydrogen-bond donors (Lipinski definition) is 1. The summed E-state index contributed by atoms with van der Waals surface area (Å²) in [5.74, 6) is 1.89. The van der Waals surface area contributed by atoms with Crippen LogP contribution in [0.2, 0.25) is 0 Å². The van der Waals surface area contributed by atoms with Crippen molar-refractivity contribution in [2.75, 3.05) is 19.7 Å². The molecule has 110 valence electrons. The van der Waals surface area contributed by atoms with E-state index in [4.69, 9.17) is 10.5 Å². The standard InChI is InChI=1S/C17H26N2O/c1-2-14-7-8-17(11-14,13-18)19-9-10-20-16-6-4-3-5-15(16)12-19/h3-6,14H,2,7-13,18H2,1H3. The predicted octanol–water partition coefficient (Wildman–Crippen LogP) is 2.79. The summed E-state index contributed by atoms with van der Waals surface area (Å²) >= 11 is 0. The smallest absolute Gasteiger partial charge is 0.123 e. The SMILES string of the molecule is CCC1CCC(CN)(N2CCOc3ccccc3C2)C1. The molecule has 0 amide bonds. The van der Waals surface area contributed by atoms with Crippen LogP contribution in [0, 0.1) is 5.92 Å². The lowest BCUT2D eigenvalue weighted by Gasteiger charge is -2.40. The first kappa shape index (κ1) is 13.9. The van der Waals surface area contributed by atoms with Gasteiger partial charge in [-0.25, -0.2) is 0 Å². The zero-order valence-corrected chi connectivity index (χ0v) is 12.5. The second kappa shape index (κ2) is 5.74. The zero-order chi connectivity index (χ0) is 14.0. The van der Waals surface area contributed by atoms with E-state index in [2.05, 4.69) is 36.1 Å². The lowest BCUT2D eigenvalue weighted by atomic mass is 9.92. The van der Waals surface area contributed by atoms with Crippen LogP contribution in [-0.4, -0.2) is 30.1 Å². The summed E-state index contributed by atoms with van der Waals surface area (Å²) in [7, 11) is 0. The van der Waals surface area contributed by atoms with Gasteiger partial charge in [0.05, 0.1) is 0 Å². The van der Waals surface area contributed by atoms with E-state index in [9.17, 15) is 0 Å². The van der Waals surface area contributed by atoms with Gasteiger partial charge in [-0.1, -0.05) is 31.5 Å². The Kier molecular flexibility index (Phi) is 3.99. The minimum Gasteiger partial charge on any atom is -0.492 e. The molecule has 1 aliphatic carbocycles. The highest BCUT2D eigenvalue weighted by Crippen LogP contribution is 2.41. The summed E-state index contributed by atoms with van der Waals surface area (Å²) < 4.78 is 5.90. The molecular weight excluding hydrogens is 248 g/mol. The minimum absolute atomic E-state index is 0.196. The van der Waals surface area contributed by atoms with Crippen molar-refractivity contribution in [2.45, 2.75) is 44.7 Å². The molecule has 3 heteroatoms. The van der Waals surface area contributed by atoms with Gasteiger partial charge in [-0.05, 0) is 31.2 Å². The van der Waals surface area contributed by atoms with Crippen LogP contribution in [0.25, 0.3) is 0 Å². The number of nitrogens with two attached hydrogens (primary N) is 1. The third-order valence-corrected chi connectivity index (χ3v) is 5.27. The van der Waals surface area contributed by atoms with Gasteiger partial charge in [-0.2, -0.15) is 0 Å². The van der Waals surface area contributed by atoms with Crippen molar-refractivity contribution >= 4 is 0 Å². The van der Waals surface area contributed by atoms with Crippen LogP contribution in [0.4, 0.5) is 0 Å². The second-order valence-corrected chi connectivity index (χ2v) is 6.32. The topological polar surface area (TPSA) is 38.5 Å². The Bertz CT molecular complexity index is 462. The summed E-state index contributed by atoms with van der Waals surface area (Å²) in [4.78, 5) is 2.59. The van der Waals surface area contributed by atoms with Crippen molar-refractivity contribution in [1.29, 1.82) is 0 Å². The number of benzene rings is 1. The maximum Gasteiger partial charge on any atom is 0.123 e. The van der Waals surface area contributed by atoms with E-state index in [1.165, 1.54) is 31.2 Å². The second-order valence-electron chi connectivity index (χ2n) is 6.32. The Balaban J connectivity index is 1.83. The van der Waals surface area contributed by atoms with Crippen LogP contribution in [-0.2, 0) is 6.54 Å². The Morgan fingerprint density at radius 2 is 2.25 bits per heavy atom. The van der Waals surface area contributed by atoms with Gasteiger partial charge in [-0.3, -0.25) is 4.90 Å². The molecule has 20 heavy (non-hydrogen) atoms. The molecule has 2 unspecified atom stereocenters. The van der Waals surface area contributed by atoms with E-state index in [0.29, 0.717) is 0 Å². The summed E-state index contributed by atoms with van der Waals surface area (Å²) in [6.45, 7) is 5.81. The van der Waals surface area contributed by atoms with Crippen LogP contribution in [0.15, 0.2) is 24.3 Å². The van der Waals surface area contributed by atoms with Gasteiger partial charge in [0.1, 0.15) is 12.4 Å². The van der Waals surface area contributed by atoms with Crippen LogP contribution >= 0.6 is 0 Å². The molecule has 0 radical (unpaired) electrons. The van der Waals surface area contributed by atoms with Crippen LogP contribution in [0.1, 0.15) is 38.2 Å². The van der Waals surface area contributed by atoms with Crippen molar-refractivity contribution in [2.24, 2.45) is 11.7 Å². The number of rotatable bonds is 3. The number of hydrogen-bond acceptors (Lipinski definition) is 3. The van der Waals surface area contributed by atoms with Crippen molar-refractivity contribution in [3.63, 3.8) is 0 Å². The van der Waals surface area contributed by atoms with E-state index in [-0.39, 0.29) is 5.54 Å². The molecule has 1 aromatic carbocycles. The van der Waals surface area contributed by atoms with Crippen LogP contribution in [0.3, 0.4) is 0 Å². The van der Waals surface area contributed by atoms with E-state index in [1.807, 2.05) is 0 Å². The van der Waals surface area contributed by atoms with Crippen molar-refractivity contribution in [1.82, 2.24) is 4.90 Å². The van der Waals surface area contributed by atoms with E-state index in [1.54, 1.807) is 0 Å². The highest BCUT2D eigenvalue weighted by molar-refractivity contribution is 5.34. The van der Waals surface area contributed by atoms with Crippen molar-refractivity contribution in [3.05, 3.63) is 29.8 Å². The van der Waals surface area contributed by atoms with Crippen molar-refractivity contribution < 1.29 is 4.74 Å². The molecule has 2 N–H and O–H groups in total. The molecule has 0 saturated heterocycles. The van der Waals surface area contributed by atoms with Gasteiger partial charge in [0.15, 0.2) is 0 Å². The lowest BCUT2D eigenvalue weighted by molar-refractivity contribution is 0.0795. The summed E-state index contributed by atoms with van der Waals surface area (Å²) in [6.07, 6.45) is 5.10. The van der Waals surface area contributed by atoms with Gasteiger partial charge in [0.2, 0.25) is 0 Å². The minimum atomic E-state index is 0.196. The maximum atomic E-state index is 6.21. The first-order valence-corrected chi connectivity index (χ1v) is 7.93. The van der Waals surface area contributed by atoms with Gasteiger partial charge >= 0.3 is 0 Å². The van der Waals surface area contributed by atoms with E-state index < -0.39 is 0 Å². The molecule has 1 aliphatic heterocycles. The quantitative estimate of drug-likeness (QED) is 0.921. The number of fused-ring (bicyclic) bond motifs is 1. The average Bonchev–Trinajstić information content (AvgIpc) is 2.80. The van der Waals surface area contributed by atoms with E-state index >= 15 is 0 Å². The third kappa shape index (κ3) is 2.45. The molecule has 2 aliphatic rings. The van der Waals surface area contributed by atoms with Gasteiger partial charge in [-0.15, -0.1) is 0 Å². The molecule has 0 aromatic heterocycles. The fraction of sp³-hybridized carbons (Fsp3) is 0.647. The average molecular weight is 274 g/mol. The Morgan fingerprint density at radius 1 is 1.40 bits per heavy atom. The normalized spacial score (nSPS) is 30.6. The van der Waals surface area contributed by atoms with E-state index in [0.717, 1.165) is 37.9 Å². The van der Waals surface area contributed by atoms with Gasteiger partial charge in [0, 0.05) is 30.7 Å². The fourth-order valence-corrected chi connectivity index (χ4v) is 3.90. The number of ether oxygens (including phenoxy) is 1. The molecule has 3 rings (SSSR count). The molecule has 3 nitrogen and oxygen atoms in total. The number of para-hydroxylation sites is 1. The van der Waals surface area contributed by atoms with Crippen LogP contribution < -0.4 is 10.5 Å². The summed E-state index contributed by atoms with van der Waals surface area (Å²) in [6, 6.07) is 8.42. The van der Waals surface area contributed by atoms with Crippen LogP contribution in [0.5, 0.6) is 5.75 Å². The summed E-state index contributed by atoms with van der Waals surface area (Å²) in [5.41, 5.74) is 7.70. The molecule has 0 spiro atoms. The molecule has 1 saturated carbocycles. The maximum absolute atomic E-state index is 6.21. The Hall–Kier alpha value is -1.06. The molecule has 1 heterocycles. The lowest BCUT2D eigenvalue weighted by Crippen LogP contribution is -2.52. The zero-order valence-electron chi connectivity index (χ0n) is 12.5. The Morgan fingerprint density at radius 3 is 3.00 bits per heavy atom. The van der Waals surface area contributed by atoms with Crippen molar-refractivity contribution in [3.8, 4) is 5.75 Å². The highest BCUT2D eigenvalue weighted by Gasteiger charge is 2.42. The molecule has 0 bridgehead atoms. The molecule has 2 atom stereocenters. The van der Waals surface area contributed by atoms with Gasteiger partial charge < -0.3 is 10.5 Å². The molecular formula is C17H26N2O. The monoisotopic (exact) mass is 274 g/mol. The third-order valence-electron chi connectivity index (χ3n) is 5.27. The fourth-order valence-electron chi connectivity index (χ4n) is 3.90. The largest absolute Gasteiger partial charge is 0.492 e. The first-order chi connectivity index (χ1) is 9.77. The number of nitrogens with zero attached hydrogens (tertiary/aromatic N) is 1.